The second-order valence-electron chi connectivity index (χ2n) is 9.14. The molecule has 7 nitrogen and oxygen atoms in total. The summed E-state index contributed by atoms with van der Waals surface area (Å²) in [6.07, 6.45) is 3.85. The van der Waals surface area contributed by atoms with Crippen molar-refractivity contribution in [3.63, 3.8) is 0 Å². The van der Waals surface area contributed by atoms with E-state index in [1.807, 2.05) is 49.5 Å². The fourth-order valence-corrected chi connectivity index (χ4v) is 4.18. The van der Waals surface area contributed by atoms with Gasteiger partial charge in [0.05, 0.1) is 25.4 Å². The van der Waals surface area contributed by atoms with Crippen LogP contribution in [0.15, 0.2) is 54.6 Å². The van der Waals surface area contributed by atoms with Crippen LogP contribution in [-0.4, -0.2) is 58.8 Å². The summed E-state index contributed by atoms with van der Waals surface area (Å²) in [5.41, 5.74) is 2.96. The van der Waals surface area contributed by atoms with Gasteiger partial charge >= 0.3 is 0 Å². The molecule has 0 aliphatic heterocycles. The molecule has 1 aliphatic carbocycles. The van der Waals surface area contributed by atoms with Crippen LogP contribution < -0.4 is 9.47 Å². The Bertz CT molecular complexity index is 1050. The summed E-state index contributed by atoms with van der Waals surface area (Å²) < 4.78 is 19.1. The lowest BCUT2D eigenvalue weighted by Crippen LogP contribution is -2.36. The smallest absolute Gasteiger partial charge is 0.222 e. The Kier molecular flexibility index (Phi) is 8.79. The van der Waals surface area contributed by atoms with Crippen LogP contribution in [0.1, 0.15) is 38.2 Å². The molecule has 1 heterocycles. The molecule has 7 heteroatoms. The third-order valence-electron chi connectivity index (χ3n) is 6.23. The summed E-state index contributed by atoms with van der Waals surface area (Å²) in [6.45, 7) is 4.38. The number of aromatic nitrogens is 2. The maximum absolute atomic E-state index is 10.7. The highest BCUT2D eigenvalue weighted by atomic mass is 16.5. The molecule has 1 atom stereocenters. The van der Waals surface area contributed by atoms with Crippen molar-refractivity contribution in [1.29, 1.82) is 0 Å². The monoisotopic (exact) mass is 479 g/mol. The van der Waals surface area contributed by atoms with Crippen LogP contribution in [-0.2, 0) is 18.3 Å². The van der Waals surface area contributed by atoms with E-state index in [0.717, 1.165) is 54.0 Å². The number of methoxy groups -OCH3 is 1. The van der Waals surface area contributed by atoms with Gasteiger partial charge in [-0.3, -0.25) is 4.90 Å². The Hall–Kier alpha value is -2.87. The highest BCUT2D eigenvalue weighted by molar-refractivity contribution is 5.65. The molecular formula is C28H37N3O4. The average Bonchev–Trinajstić information content (AvgIpc) is 3.69. The van der Waals surface area contributed by atoms with Crippen LogP contribution in [0.25, 0.3) is 11.3 Å². The zero-order valence-corrected chi connectivity index (χ0v) is 21.0. The molecule has 188 valence electrons. The zero-order chi connectivity index (χ0) is 24.6. The second kappa shape index (κ2) is 12.2. The lowest BCUT2D eigenvalue weighted by molar-refractivity contribution is 0.0127. The van der Waals surface area contributed by atoms with Gasteiger partial charge in [0.1, 0.15) is 17.2 Å². The normalized spacial score (nSPS) is 14.3. The minimum absolute atomic E-state index is 0.358. The fraction of sp³-hybridized carbons (Fsp3) is 0.464. The van der Waals surface area contributed by atoms with E-state index in [2.05, 4.69) is 24.0 Å². The number of hydrogen-bond donors (Lipinski definition) is 1. The molecule has 4 rings (SSSR count). The molecule has 0 saturated heterocycles. The molecule has 35 heavy (non-hydrogen) atoms. The van der Waals surface area contributed by atoms with Gasteiger partial charge < -0.3 is 19.3 Å². The van der Waals surface area contributed by atoms with Crippen molar-refractivity contribution in [3.05, 3.63) is 60.2 Å². The summed E-state index contributed by atoms with van der Waals surface area (Å²) >= 11 is 0. The number of hydrogen-bond acceptors (Lipinski definition) is 6. The summed E-state index contributed by atoms with van der Waals surface area (Å²) in [6, 6.07) is 18.2. The quantitative estimate of drug-likeness (QED) is 0.327. The number of rotatable bonds is 14. The Labute approximate surface area is 208 Å². The zero-order valence-electron chi connectivity index (χ0n) is 21.0. The van der Waals surface area contributed by atoms with E-state index in [4.69, 9.17) is 19.3 Å². The minimum Gasteiger partial charge on any atom is -0.497 e. The molecule has 0 bridgehead atoms. The Morgan fingerprint density at radius 2 is 1.80 bits per heavy atom. The van der Waals surface area contributed by atoms with E-state index in [0.29, 0.717) is 38.2 Å². The first kappa shape index (κ1) is 25.2. The Balaban J connectivity index is 1.59. The van der Waals surface area contributed by atoms with Crippen molar-refractivity contribution >= 4 is 0 Å². The van der Waals surface area contributed by atoms with E-state index in [1.165, 1.54) is 0 Å². The van der Waals surface area contributed by atoms with E-state index in [-0.39, 0.29) is 0 Å². The molecule has 0 radical (unpaired) electrons. The molecule has 1 aromatic heterocycles. The summed E-state index contributed by atoms with van der Waals surface area (Å²) in [5.74, 6) is 2.20. The highest BCUT2D eigenvalue weighted by Gasteiger charge is 2.33. The summed E-state index contributed by atoms with van der Waals surface area (Å²) in [5, 5.41) is 15.5. The Morgan fingerprint density at radius 1 is 1.09 bits per heavy atom. The van der Waals surface area contributed by atoms with Crippen molar-refractivity contribution in [1.82, 2.24) is 14.7 Å². The van der Waals surface area contributed by atoms with Crippen molar-refractivity contribution < 1.29 is 19.3 Å². The first-order valence-corrected chi connectivity index (χ1v) is 12.5. The summed E-state index contributed by atoms with van der Waals surface area (Å²) in [4.78, 5) is 2.35. The SMILES string of the molecule is CCCCOC[C@@H](O)CN(Cc1c(-c2ccccc2)nn(C)c1Oc1ccc(OC)cc1)C1CC1. The standard InChI is InChI=1S/C28H37N3O4/c1-4-5-17-34-20-23(32)18-31(22-11-12-22)19-26-27(21-9-7-6-8-10-21)29-30(2)28(26)35-25-15-13-24(33-3)14-16-25/h6-10,13-16,22-23,32H,4-5,11-12,17-20H2,1-3H3/t23-/m0/s1. The number of aliphatic hydroxyl groups is 1. The fourth-order valence-electron chi connectivity index (χ4n) is 4.18. The Morgan fingerprint density at radius 3 is 2.46 bits per heavy atom. The number of unbranched alkanes of at least 4 members (excludes halogenated alkanes) is 1. The maximum Gasteiger partial charge on any atom is 0.222 e. The van der Waals surface area contributed by atoms with Crippen molar-refractivity contribution in [2.45, 2.75) is 51.3 Å². The number of aryl methyl sites for hydroxylation is 1. The largest absolute Gasteiger partial charge is 0.497 e. The maximum atomic E-state index is 10.7. The van der Waals surface area contributed by atoms with Crippen molar-refractivity contribution in [2.24, 2.45) is 7.05 Å². The molecule has 2 aromatic carbocycles. The lowest BCUT2D eigenvalue weighted by Gasteiger charge is -2.25. The van der Waals surface area contributed by atoms with Gasteiger partial charge in [-0.05, 0) is 43.5 Å². The van der Waals surface area contributed by atoms with Crippen LogP contribution in [0.4, 0.5) is 0 Å². The van der Waals surface area contributed by atoms with E-state index < -0.39 is 6.10 Å². The number of benzene rings is 2. The van der Waals surface area contributed by atoms with Gasteiger partial charge in [-0.25, -0.2) is 4.68 Å². The summed E-state index contributed by atoms with van der Waals surface area (Å²) in [7, 11) is 3.56. The van der Waals surface area contributed by atoms with E-state index in [9.17, 15) is 5.11 Å². The molecule has 0 unspecified atom stereocenters. The van der Waals surface area contributed by atoms with E-state index >= 15 is 0 Å². The molecular weight excluding hydrogens is 442 g/mol. The third kappa shape index (κ3) is 6.84. The van der Waals surface area contributed by atoms with Gasteiger partial charge in [0.15, 0.2) is 0 Å². The number of nitrogens with zero attached hydrogens (tertiary/aromatic N) is 3. The molecule has 1 saturated carbocycles. The van der Waals surface area contributed by atoms with Crippen LogP contribution in [0, 0.1) is 0 Å². The number of ether oxygens (including phenoxy) is 3. The van der Waals surface area contributed by atoms with Crippen LogP contribution in [0.3, 0.4) is 0 Å². The van der Waals surface area contributed by atoms with Gasteiger partial charge in [-0.1, -0.05) is 43.7 Å². The minimum atomic E-state index is -0.532. The van der Waals surface area contributed by atoms with Gasteiger partial charge in [0.25, 0.3) is 0 Å². The molecule has 1 aliphatic rings. The van der Waals surface area contributed by atoms with Crippen molar-refractivity contribution in [3.8, 4) is 28.6 Å². The third-order valence-corrected chi connectivity index (χ3v) is 6.23. The predicted octanol–water partition coefficient (Wildman–Crippen LogP) is 5.03. The first-order valence-electron chi connectivity index (χ1n) is 12.5. The second-order valence-corrected chi connectivity index (χ2v) is 9.14. The average molecular weight is 480 g/mol. The first-order chi connectivity index (χ1) is 17.1. The van der Waals surface area contributed by atoms with Crippen LogP contribution >= 0.6 is 0 Å². The van der Waals surface area contributed by atoms with Gasteiger partial charge in [-0.2, -0.15) is 5.10 Å². The van der Waals surface area contributed by atoms with E-state index in [1.54, 1.807) is 11.8 Å². The molecule has 1 fully saturated rings. The van der Waals surface area contributed by atoms with Crippen LogP contribution in [0.5, 0.6) is 17.4 Å². The molecule has 0 amide bonds. The van der Waals surface area contributed by atoms with Crippen LogP contribution in [0.2, 0.25) is 0 Å². The highest BCUT2D eigenvalue weighted by Crippen LogP contribution is 2.37. The topological polar surface area (TPSA) is 69.0 Å². The van der Waals surface area contributed by atoms with Gasteiger partial charge in [0, 0.05) is 38.3 Å². The van der Waals surface area contributed by atoms with Crippen molar-refractivity contribution in [2.75, 3.05) is 26.9 Å². The van der Waals surface area contributed by atoms with Gasteiger partial charge in [0.2, 0.25) is 5.88 Å². The molecule has 0 spiro atoms. The molecule has 3 aromatic rings. The lowest BCUT2D eigenvalue weighted by atomic mass is 10.1. The van der Waals surface area contributed by atoms with Gasteiger partial charge in [-0.15, -0.1) is 0 Å². The molecule has 1 N–H and O–H groups in total. The number of aliphatic hydroxyl groups excluding tert-OH is 1. The predicted molar refractivity (Wildman–Crippen MR) is 137 cm³/mol.